The minimum Gasteiger partial charge on any atom is -0.485 e. The molecule has 0 radical (unpaired) electrons. The number of benzene rings is 2. The van der Waals surface area contributed by atoms with E-state index in [1.807, 2.05) is 0 Å². The number of aliphatic hydroxyl groups is 1. The van der Waals surface area contributed by atoms with Crippen molar-refractivity contribution < 1.29 is 35.8 Å². The van der Waals surface area contributed by atoms with Crippen LogP contribution in [0.15, 0.2) is 58.4 Å². The molecule has 12 heteroatoms. The van der Waals surface area contributed by atoms with Gasteiger partial charge in [0.2, 0.25) is 0 Å². The molecule has 35 heavy (non-hydrogen) atoms. The third kappa shape index (κ3) is 5.88. The van der Waals surface area contributed by atoms with Crippen LogP contribution in [0.1, 0.15) is 19.4 Å². The van der Waals surface area contributed by atoms with E-state index in [1.165, 1.54) is 24.3 Å². The van der Waals surface area contributed by atoms with Crippen LogP contribution in [-0.2, 0) is 16.0 Å². The summed E-state index contributed by atoms with van der Waals surface area (Å²) in [6.45, 7) is 3.14. The van der Waals surface area contributed by atoms with Crippen LogP contribution >= 0.6 is 0 Å². The smallest absolute Gasteiger partial charge is 0.419 e. The number of alkyl halides is 3. The van der Waals surface area contributed by atoms with Crippen molar-refractivity contribution in [2.45, 2.75) is 31.0 Å². The SMILES string of the molecule is CC(C)[C@H](O)COc1c(-c2ccc(S(C)(=O)=O)cc2)cnn(-c2ccc(F)c(C(F)(F)F)c2)c1=O. The van der Waals surface area contributed by atoms with E-state index in [4.69, 9.17) is 4.74 Å². The van der Waals surface area contributed by atoms with E-state index >= 15 is 0 Å². The zero-order valence-corrected chi connectivity index (χ0v) is 19.7. The Balaban J connectivity index is 2.16. The number of hydrogen-bond donors (Lipinski definition) is 1. The second-order valence-electron chi connectivity index (χ2n) is 8.19. The van der Waals surface area contributed by atoms with Crippen molar-refractivity contribution in [1.29, 1.82) is 0 Å². The second-order valence-corrected chi connectivity index (χ2v) is 10.2. The number of halogens is 4. The lowest BCUT2D eigenvalue weighted by molar-refractivity contribution is -0.140. The van der Waals surface area contributed by atoms with Gasteiger partial charge in [0.05, 0.1) is 28.4 Å². The third-order valence-electron chi connectivity index (χ3n) is 5.19. The molecule has 7 nitrogen and oxygen atoms in total. The summed E-state index contributed by atoms with van der Waals surface area (Å²) in [6.07, 6.45) is -3.76. The second kappa shape index (κ2) is 9.78. The van der Waals surface area contributed by atoms with E-state index in [-0.39, 0.29) is 34.4 Å². The summed E-state index contributed by atoms with van der Waals surface area (Å²) >= 11 is 0. The van der Waals surface area contributed by atoms with Crippen LogP contribution < -0.4 is 10.3 Å². The predicted molar refractivity (Wildman–Crippen MR) is 120 cm³/mol. The number of hydrogen-bond acceptors (Lipinski definition) is 6. The van der Waals surface area contributed by atoms with Gasteiger partial charge in [-0.1, -0.05) is 26.0 Å². The maximum Gasteiger partial charge on any atom is 0.419 e. The van der Waals surface area contributed by atoms with Crippen LogP contribution in [0.5, 0.6) is 5.75 Å². The fourth-order valence-corrected chi connectivity index (χ4v) is 3.70. The number of rotatable bonds is 7. The third-order valence-corrected chi connectivity index (χ3v) is 6.32. The van der Waals surface area contributed by atoms with Gasteiger partial charge in [-0.3, -0.25) is 4.79 Å². The molecule has 0 bridgehead atoms. The van der Waals surface area contributed by atoms with Gasteiger partial charge in [-0.05, 0) is 41.8 Å². The Kier molecular flexibility index (Phi) is 7.37. The van der Waals surface area contributed by atoms with E-state index in [0.717, 1.165) is 18.5 Å². The molecule has 1 heterocycles. The first kappa shape index (κ1) is 26.4. The Morgan fingerprint density at radius 2 is 1.74 bits per heavy atom. The predicted octanol–water partition coefficient (Wildman–Crippen LogP) is 3.86. The zero-order chi connectivity index (χ0) is 26.1. The first-order chi connectivity index (χ1) is 16.2. The normalized spacial score (nSPS) is 13.2. The highest BCUT2D eigenvalue weighted by molar-refractivity contribution is 7.90. The highest BCUT2D eigenvalue weighted by atomic mass is 32.2. The lowest BCUT2D eigenvalue weighted by Gasteiger charge is -2.18. The van der Waals surface area contributed by atoms with E-state index in [0.29, 0.717) is 22.4 Å². The summed E-state index contributed by atoms with van der Waals surface area (Å²) in [5.41, 5.74) is -2.40. The summed E-state index contributed by atoms with van der Waals surface area (Å²) in [6, 6.07) is 7.47. The molecule has 3 rings (SSSR count). The molecule has 0 aliphatic heterocycles. The number of sulfone groups is 1. The topological polar surface area (TPSA) is 98.5 Å². The largest absolute Gasteiger partial charge is 0.485 e. The summed E-state index contributed by atoms with van der Waals surface area (Å²) < 4.78 is 82.9. The van der Waals surface area contributed by atoms with Crippen molar-refractivity contribution in [2.75, 3.05) is 12.9 Å². The average molecular weight is 514 g/mol. The summed E-state index contributed by atoms with van der Waals surface area (Å²) in [5.74, 6) is -2.05. The van der Waals surface area contributed by atoms with E-state index < -0.39 is 39.1 Å². The summed E-state index contributed by atoms with van der Waals surface area (Å²) in [4.78, 5) is 13.3. The van der Waals surface area contributed by atoms with Gasteiger partial charge in [0, 0.05) is 11.8 Å². The van der Waals surface area contributed by atoms with Crippen molar-refractivity contribution in [3.63, 3.8) is 0 Å². The van der Waals surface area contributed by atoms with Gasteiger partial charge in [0.15, 0.2) is 15.6 Å². The molecule has 0 aliphatic carbocycles. The highest BCUT2D eigenvalue weighted by Gasteiger charge is 2.34. The molecule has 0 saturated carbocycles. The van der Waals surface area contributed by atoms with Crippen molar-refractivity contribution in [3.8, 4) is 22.6 Å². The van der Waals surface area contributed by atoms with E-state index in [2.05, 4.69) is 5.10 Å². The molecule has 1 atom stereocenters. The standard InChI is InChI=1S/C23H22F4N2O5S/c1-13(2)20(30)12-34-21-17(14-4-7-16(8-5-14)35(3,32)33)11-28-29(22(21)31)15-6-9-19(24)18(10-15)23(25,26)27/h4-11,13,20,30H,12H2,1-3H3/t20-/m1/s1. The van der Waals surface area contributed by atoms with Crippen LogP contribution in [0.25, 0.3) is 16.8 Å². The fourth-order valence-electron chi connectivity index (χ4n) is 3.07. The zero-order valence-electron chi connectivity index (χ0n) is 18.9. The first-order valence-electron chi connectivity index (χ1n) is 10.3. The van der Waals surface area contributed by atoms with Crippen LogP contribution in [0.3, 0.4) is 0 Å². The quantitative estimate of drug-likeness (QED) is 0.481. The molecule has 1 N–H and O–H groups in total. The number of ether oxygens (including phenoxy) is 1. The Hall–Kier alpha value is -3.25. The highest BCUT2D eigenvalue weighted by Crippen LogP contribution is 2.33. The molecule has 0 fully saturated rings. The summed E-state index contributed by atoms with van der Waals surface area (Å²) in [7, 11) is -3.48. The fraction of sp³-hybridized carbons (Fsp3) is 0.304. The monoisotopic (exact) mass is 514 g/mol. The molecule has 0 aliphatic rings. The van der Waals surface area contributed by atoms with E-state index in [1.54, 1.807) is 13.8 Å². The van der Waals surface area contributed by atoms with Gasteiger partial charge in [0.1, 0.15) is 12.4 Å². The van der Waals surface area contributed by atoms with E-state index in [9.17, 15) is 35.9 Å². The van der Waals surface area contributed by atoms with Gasteiger partial charge < -0.3 is 9.84 Å². The average Bonchev–Trinajstić information content (AvgIpc) is 2.77. The molecule has 188 valence electrons. The Morgan fingerprint density at radius 3 is 2.29 bits per heavy atom. The molecule has 0 spiro atoms. The minimum absolute atomic E-state index is 0.0336. The van der Waals surface area contributed by atoms with Crippen LogP contribution in [0.4, 0.5) is 17.6 Å². The minimum atomic E-state index is -4.99. The van der Waals surface area contributed by atoms with Crippen molar-refractivity contribution in [1.82, 2.24) is 9.78 Å². The molecule has 0 unspecified atom stereocenters. The van der Waals surface area contributed by atoms with Crippen molar-refractivity contribution in [3.05, 3.63) is 70.4 Å². The molecule has 0 amide bonds. The number of aliphatic hydroxyl groups excluding tert-OH is 1. The van der Waals surface area contributed by atoms with Gasteiger partial charge >= 0.3 is 11.7 Å². The molecular weight excluding hydrogens is 492 g/mol. The lowest BCUT2D eigenvalue weighted by Crippen LogP contribution is -2.28. The van der Waals surface area contributed by atoms with Crippen LogP contribution in [0, 0.1) is 11.7 Å². The summed E-state index contributed by atoms with van der Waals surface area (Å²) in [5, 5.41) is 14.1. The molecule has 0 saturated heterocycles. The molecule has 2 aromatic carbocycles. The van der Waals surface area contributed by atoms with Gasteiger partial charge in [-0.15, -0.1) is 0 Å². The molecule has 3 aromatic rings. The molecule has 1 aromatic heterocycles. The van der Waals surface area contributed by atoms with Crippen LogP contribution in [0.2, 0.25) is 0 Å². The van der Waals surface area contributed by atoms with Crippen LogP contribution in [-0.4, -0.2) is 42.3 Å². The number of aromatic nitrogens is 2. The van der Waals surface area contributed by atoms with Gasteiger partial charge in [-0.2, -0.15) is 23.0 Å². The Bertz CT molecular complexity index is 1380. The maximum atomic E-state index is 13.7. The van der Waals surface area contributed by atoms with Crippen molar-refractivity contribution >= 4 is 9.84 Å². The first-order valence-corrected chi connectivity index (χ1v) is 12.2. The van der Waals surface area contributed by atoms with Gasteiger partial charge in [0.25, 0.3) is 0 Å². The Labute approximate surface area is 198 Å². The Morgan fingerprint density at radius 1 is 1.11 bits per heavy atom. The van der Waals surface area contributed by atoms with Gasteiger partial charge in [-0.25, -0.2) is 12.8 Å². The number of nitrogens with zero attached hydrogens (tertiary/aromatic N) is 2. The maximum absolute atomic E-state index is 13.7. The lowest BCUT2D eigenvalue weighted by atomic mass is 10.1. The molecular formula is C23H22F4N2O5S. The van der Waals surface area contributed by atoms with Crippen molar-refractivity contribution in [2.24, 2.45) is 5.92 Å².